The van der Waals surface area contributed by atoms with Crippen LogP contribution in [0.3, 0.4) is 0 Å². The van der Waals surface area contributed by atoms with Crippen LogP contribution in [0.2, 0.25) is 0 Å². The monoisotopic (exact) mass is 228 g/mol. The second kappa shape index (κ2) is 4.71. The topological polar surface area (TPSA) is 80.9 Å². The van der Waals surface area contributed by atoms with Crippen LogP contribution in [-0.4, -0.2) is 16.0 Å². The van der Waals surface area contributed by atoms with E-state index in [1.165, 1.54) is 0 Å². The molecule has 0 bridgehead atoms. The van der Waals surface area contributed by atoms with Gasteiger partial charge in [0.05, 0.1) is 0 Å². The molecule has 86 valence electrons. The van der Waals surface area contributed by atoms with Gasteiger partial charge in [0.15, 0.2) is 5.82 Å². The third-order valence-corrected chi connectivity index (χ3v) is 2.36. The van der Waals surface area contributed by atoms with E-state index in [0.717, 1.165) is 5.56 Å². The van der Waals surface area contributed by atoms with Gasteiger partial charge in [0.1, 0.15) is 5.69 Å². The van der Waals surface area contributed by atoms with Crippen molar-refractivity contribution >= 4 is 11.6 Å². The molecule has 0 fully saturated rings. The van der Waals surface area contributed by atoms with Crippen LogP contribution < -0.4 is 11.3 Å². The van der Waals surface area contributed by atoms with Gasteiger partial charge in [0, 0.05) is 5.56 Å². The van der Waals surface area contributed by atoms with Crippen molar-refractivity contribution in [1.82, 2.24) is 10.2 Å². The summed E-state index contributed by atoms with van der Waals surface area (Å²) in [5.41, 5.74) is 4.36. The van der Waals surface area contributed by atoms with Crippen molar-refractivity contribution in [2.24, 2.45) is 5.84 Å². The average Bonchev–Trinajstić information content (AvgIpc) is 2.39. The van der Waals surface area contributed by atoms with Gasteiger partial charge >= 0.3 is 0 Å². The lowest BCUT2D eigenvalue weighted by Crippen LogP contribution is -2.11. The van der Waals surface area contributed by atoms with Crippen LogP contribution in [0.15, 0.2) is 36.4 Å². The zero-order chi connectivity index (χ0) is 12.3. The van der Waals surface area contributed by atoms with Gasteiger partial charge in [-0.3, -0.25) is 4.79 Å². The number of hydrazine groups is 1. The number of carbonyl (C=O) groups excluding carboxylic acids is 1. The number of benzene rings is 1. The Kier molecular flexibility index (Phi) is 3.11. The number of nitrogens with one attached hydrogen (secondary N) is 1. The average molecular weight is 228 g/mol. The van der Waals surface area contributed by atoms with Gasteiger partial charge in [-0.2, -0.15) is 0 Å². The molecule has 1 heterocycles. The standard InChI is InChI=1S/C12H12N4O/c1-8-2-4-9(5-3-8)12(17)10-6-7-11(14-13)16-15-10/h2-7H,13H2,1H3,(H,14,16). The van der Waals surface area contributed by atoms with Gasteiger partial charge in [-0.05, 0) is 19.1 Å². The van der Waals surface area contributed by atoms with Crippen LogP contribution in [0.1, 0.15) is 21.6 Å². The van der Waals surface area contributed by atoms with Crippen molar-refractivity contribution < 1.29 is 4.79 Å². The van der Waals surface area contributed by atoms with Gasteiger partial charge in [0.2, 0.25) is 5.78 Å². The van der Waals surface area contributed by atoms with E-state index in [-0.39, 0.29) is 5.78 Å². The molecule has 0 radical (unpaired) electrons. The Morgan fingerprint density at radius 1 is 1.12 bits per heavy atom. The first-order valence-electron chi connectivity index (χ1n) is 5.12. The van der Waals surface area contributed by atoms with Crippen molar-refractivity contribution in [3.63, 3.8) is 0 Å². The van der Waals surface area contributed by atoms with Crippen LogP contribution in [0, 0.1) is 6.92 Å². The Hall–Kier alpha value is -2.27. The number of carbonyl (C=O) groups is 1. The van der Waals surface area contributed by atoms with Crippen LogP contribution in [0.25, 0.3) is 0 Å². The van der Waals surface area contributed by atoms with Crippen LogP contribution >= 0.6 is 0 Å². The fourth-order valence-electron chi connectivity index (χ4n) is 1.38. The van der Waals surface area contributed by atoms with Crippen molar-refractivity contribution in [3.05, 3.63) is 53.2 Å². The first-order valence-corrected chi connectivity index (χ1v) is 5.12. The Morgan fingerprint density at radius 2 is 1.82 bits per heavy atom. The Balaban J connectivity index is 2.27. The van der Waals surface area contributed by atoms with E-state index in [1.807, 2.05) is 19.1 Å². The Bertz CT molecular complexity index is 519. The van der Waals surface area contributed by atoms with E-state index < -0.39 is 0 Å². The largest absolute Gasteiger partial charge is 0.307 e. The maximum absolute atomic E-state index is 12.0. The molecule has 17 heavy (non-hydrogen) atoms. The quantitative estimate of drug-likeness (QED) is 0.470. The molecule has 5 nitrogen and oxygen atoms in total. The maximum Gasteiger partial charge on any atom is 0.213 e. The molecule has 0 aliphatic carbocycles. The molecule has 2 rings (SSSR count). The molecule has 0 saturated carbocycles. The van der Waals surface area contributed by atoms with E-state index >= 15 is 0 Å². The lowest BCUT2D eigenvalue weighted by Gasteiger charge is -2.01. The number of anilines is 1. The number of hydrogen-bond donors (Lipinski definition) is 2. The second-order valence-electron chi connectivity index (χ2n) is 3.64. The zero-order valence-corrected chi connectivity index (χ0v) is 9.34. The van der Waals surface area contributed by atoms with Gasteiger partial charge in [-0.15, -0.1) is 10.2 Å². The number of nitrogens with two attached hydrogens (primary N) is 1. The highest BCUT2D eigenvalue weighted by molar-refractivity contribution is 6.07. The van der Waals surface area contributed by atoms with Gasteiger partial charge in [-0.25, -0.2) is 5.84 Å². The van der Waals surface area contributed by atoms with Crippen LogP contribution in [-0.2, 0) is 0 Å². The summed E-state index contributed by atoms with van der Waals surface area (Å²) in [5.74, 6) is 5.44. The highest BCUT2D eigenvalue weighted by atomic mass is 16.1. The highest BCUT2D eigenvalue weighted by Crippen LogP contribution is 2.09. The van der Waals surface area contributed by atoms with E-state index in [9.17, 15) is 4.79 Å². The smallest absolute Gasteiger partial charge is 0.213 e. The molecule has 2 aromatic rings. The Labute approximate surface area is 98.6 Å². The van der Waals surface area contributed by atoms with Crippen molar-refractivity contribution in [1.29, 1.82) is 0 Å². The van der Waals surface area contributed by atoms with E-state index in [2.05, 4.69) is 15.6 Å². The molecule has 1 aromatic heterocycles. The molecule has 0 atom stereocenters. The fourth-order valence-corrected chi connectivity index (χ4v) is 1.38. The summed E-state index contributed by atoms with van der Waals surface area (Å²) in [7, 11) is 0. The first-order chi connectivity index (χ1) is 8.20. The molecule has 0 unspecified atom stereocenters. The summed E-state index contributed by atoms with van der Waals surface area (Å²) in [6, 6.07) is 10.5. The number of aryl methyl sites for hydroxylation is 1. The molecular formula is C12H12N4O. The van der Waals surface area contributed by atoms with Crippen LogP contribution in [0.5, 0.6) is 0 Å². The SMILES string of the molecule is Cc1ccc(C(=O)c2ccc(NN)nn2)cc1. The molecule has 0 spiro atoms. The molecule has 0 aliphatic rings. The molecule has 3 N–H and O–H groups in total. The van der Waals surface area contributed by atoms with E-state index in [1.54, 1.807) is 24.3 Å². The normalized spacial score (nSPS) is 10.0. The molecule has 1 aromatic carbocycles. The van der Waals surface area contributed by atoms with E-state index in [4.69, 9.17) is 5.84 Å². The van der Waals surface area contributed by atoms with Gasteiger partial charge in [-0.1, -0.05) is 29.8 Å². The minimum Gasteiger partial charge on any atom is -0.307 e. The highest BCUT2D eigenvalue weighted by Gasteiger charge is 2.10. The predicted octanol–water partition coefficient (Wildman–Crippen LogP) is 1.30. The lowest BCUT2D eigenvalue weighted by atomic mass is 10.1. The summed E-state index contributed by atoms with van der Waals surface area (Å²) >= 11 is 0. The summed E-state index contributed by atoms with van der Waals surface area (Å²) in [6.45, 7) is 1.97. The maximum atomic E-state index is 12.0. The first kappa shape index (κ1) is 11.2. The predicted molar refractivity (Wildman–Crippen MR) is 64.5 cm³/mol. The second-order valence-corrected chi connectivity index (χ2v) is 3.64. The summed E-state index contributed by atoms with van der Waals surface area (Å²) in [6.07, 6.45) is 0. The zero-order valence-electron chi connectivity index (χ0n) is 9.34. The summed E-state index contributed by atoms with van der Waals surface area (Å²) in [5, 5.41) is 7.56. The third-order valence-electron chi connectivity index (χ3n) is 2.36. The number of ketones is 1. The van der Waals surface area contributed by atoms with E-state index in [0.29, 0.717) is 17.1 Å². The number of hydrogen-bond acceptors (Lipinski definition) is 5. The molecule has 0 aliphatic heterocycles. The lowest BCUT2D eigenvalue weighted by molar-refractivity contribution is 0.103. The third kappa shape index (κ3) is 2.46. The number of nitrogens with zero attached hydrogens (tertiary/aromatic N) is 2. The summed E-state index contributed by atoms with van der Waals surface area (Å²) in [4.78, 5) is 12.0. The minimum absolute atomic E-state index is 0.152. The summed E-state index contributed by atoms with van der Waals surface area (Å²) < 4.78 is 0. The molecule has 0 saturated heterocycles. The molecular weight excluding hydrogens is 216 g/mol. The van der Waals surface area contributed by atoms with Crippen molar-refractivity contribution in [3.8, 4) is 0 Å². The van der Waals surface area contributed by atoms with Crippen LogP contribution in [0.4, 0.5) is 5.82 Å². The van der Waals surface area contributed by atoms with Gasteiger partial charge < -0.3 is 5.43 Å². The number of rotatable bonds is 3. The molecule has 5 heteroatoms. The Morgan fingerprint density at radius 3 is 2.35 bits per heavy atom. The molecule has 0 amide bonds. The van der Waals surface area contributed by atoms with Gasteiger partial charge in [0.25, 0.3) is 0 Å². The number of nitrogen functional groups attached to an aromatic ring is 1. The van der Waals surface area contributed by atoms with Crippen molar-refractivity contribution in [2.45, 2.75) is 6.92 Å². The van der Waals surface area contributed by atoms with Crippen molar-refractivity contribution in [2.75, 3.05) is 5.43 Å². The fraction of sp³-hybridized carbons (Fsp3) is 0.0833. The minimum atomic E-state index is -0.152. The number of aromatic nitrogens is 2.